The highest BCUT2D eigenvalue weighted by atomic mass is 127. The molecule has 134 valence electrons. The van der Waals surface area contributed by atoms with Gasteiger partial charge in [-0.1, -0.05) is 13.8 Å². The van der Waals surface area contributed by atoms with E-state index >= 15 is 0 Å². The smallest absolute Gasteiger partial charge is 0.191 e. The highest BCUT2D eigenvalue weighted by Gasteiger charge is 2.12. The van der Waals surface area contributed by atoms with Gasteiger partial charge in [0.15, 0.2) is 5.96 Å². The van der Waals surface area contributed by atoms with E-state index in [9.17, 15) is 0 Å². The van der Waals surface area contributed by atoms with Crippen molar-refractivity contribution in [1.82, 2.24) is 25.3 Å². The van der Waals surface area contributed by atoms with Gasteiger partial charge in [-0.2, -0.15) is 5.10 Å². The van der Waals surface area contributed by atoms with Gasteiger partial charge < -0.3 is 10.6 Å². The average Bonchev–Trinajstić information content (AvgIpc) is 2.74. The molecule has 0 aliphatic carbocycles. The van der Waals surface area contributed by atoms with Crippen molar-refractivity contribution in [3.05, 3.63) is 17.0 Å². The van der Waals surface area contributed by atoms with E-state index in [0.29, 0.717) is 6.04 Å². The summed E-state index contributed by atoms with van der Waals surface area (Å²) >= 11 is 0. The van der Waals surface area contributed by atoms with Crippen molar-refractivity contribution in [3.63, 3.8) is 0 Å². The first-order chi connectivity index (χ1) is 10.4. The van der Waals surface area contributed by atoms with E-state index in [4.69, 9.17) is 0 Å². The predicted octanol–water partition coefficient (Wildman–Crippen LogP) is 2.05. The molecule has 0 aliphatic rings. The van der Waals surface area contributed by atoms with E-state index in [0.717, 1.165) is 37.8 Å². The lowest BCUT2D eigenvalue weighted by atomic mass is 10.2. The summed E-state index contributed by atoms with van der Waals surface area (Å²) in [5, 5.41) is 11.2. The van der Waals surface area contributed by atoms with E-state index in [1.165, 1.54) is 11.3 Å². The van der Waals surface area contributed by atoms with Crippen molar-refractivity contribution in [2.24, 2.45) is 12.0 Å². The standard InChI is InChI=1S/C16H32N6.HI/c1-8-22(9-2)12(3)10-18-16(17-6)19-11-15-13(4)20-21(7)14(15)5;/h12H,8-11H2,1-7H3,(H2,17,18,19);1H. The van der Waals surface area contributed by atoms with Gasteiger partial charge in [-0.15, -0.1) is 24.0 Å². The Morgan fingerprint density at radius 1 is 1.26 bits per heavy atom. The number of halogens is 1. The van der Waals surface area contributed by atoms with Gasteiger partial charge in [-0.25, -0.2) is 0 Å². The highest BCUT2D eigenvalue weighted by Crippen LogP contribution is 2.10. The summed E-state index contributed by atoms with van der Waals surface area (Å²) in [6, 6.07) is 0.482. The number of guanidine groups is 1. The Morgan fingerprint density at radius 2 is 1.87 bits per heavy atom. The fraction of sp³-hybridized carbons (Fsp3) is 0.750. The number of nitrogens with one attached hydrogen (secondary N) is 2. The Balaban J connectivity index is 0.00000484. The average molecular weight is 436 g/mol. The number of aromatic nitrogens is 2. The van der Waals surface area contributed by atoms with Crippen molar-refractivity contribution in [2.45, 2.75) is 47.2 Å². The zero-order chi connectivity index (χ0) is 16.7. The van der Waals surface area contributed by atoms with Crippen LogP contribution >= 0.6 is 24.0 Å². The first-order valence-corrected chi connectivity index (χ1v) is 8.12. The summed E-state index contributed by atoms with van der Waals surface area (Å²) < 4.78 is 1.92. The van der Waals surface area contributed by atoms with Gasteiger partial charge >= 0.3 is 0 Å². The number of hydrogen-bond donors (Lipinski definition) is 2. The molecule has 0 aliphatic heterocycles. The second kappa shape index (κ2) is 10.9. The molecule has 2 N–H and O–H groups in total. The fourth-order valence-electron chi connectivity index (χ4n) is 2.69. The lowest BCUT2D eigenvalue weighted by Crippen LogP contribution is -2.45. The summed E-state index contributed by atoms with van der Waals surface area (Å²) in [4.78, 5) is 6.73. The largest absolute Gasteiger partial charge is 0.355 e. The van der Waals surface area contributed by atoms with Crippen LogP contribution in [0.15, 0.2) is 4.99 Å². The minimum Gasteiger partial charge on any atom is -0.355 e. The predicted molar refractivity (Wildman–Crippen MR) is 109 cm³/mol. The van der Waals surface area contributed by atoms with Gasteiger partial charge in [0.05, 0.1) is 5.69 Å². The summed E-state index contributed by atoms with van der Waals surface area (Å²) in [6.45, 7) is 14.5. The van der Waals surface area contributed by atoms with E-state index < -0.39 is 0 Å². The molecule has 1 rings (SSSR count). The molecule has 1 aromatic rings. The Morgan fingerprint density at radius 3 is 2.30 bits per heavy atom. The Kier molecular flexibility index (Phi) is 10.5. The Labute approximate surface area is 158 Å². The molecule has 7 heteroatoms. The fourth-order valence-corrected chi connectivity index (χ4v) is 2.69. The van der Waals surface area contributed by atoms with Crippen LogP contribution in [0.25, 0.3) is 0 Å². The third-order valence-electron chi connectivity index (χ3n) is 4.32. The minimum absolute atomic E-state index is 0. The molecule has 0 fully saturated rings. The molecular formula is C16H33IN6. The molecule has 1 aromatic heterocycles. The zero-order valence-corrected chi connectivity index (χ0v) is 17.9. The quantitative estimate of drug-likeness (QED) is 0.390. The topological polar surface area (TPSA) is 57.5 Å². The van der Waals surface area contributed by atoms with Crippen LogP contribution in [0, 0.1) is 13.8 Å². The van der Waals surface area contributed by atoms with Crippen LogP contribution in [-0.2, 0) is 13.6 Å². The van der Waals surface area contributed by atoms with Crippen LogP contribution in [-0.4, -0.2) is 53.4 Å². The van der Waals surface area contributed by atoms with Crippen molar-refractivity contribution in [2.75, 3.05) is 26.7 Å². The van der Waals surface area contributed by atoms with Crippen LogP contribution in [0.2, 0.25) is 0 Å². The molecule has 1 unspecified atom stereocenters. The molecule has 0 aromatic carbocycles. The van der Waals surface area contributed by atoms with E-state index in [-0.39, 0.29) is 24.0 Å². The van der Waals surface area contributed by atoms with Crippen LogP contribution in [0.3, 0.4) is 0 Å². The van der Waals surface area contributed by atoms with Gasteiger partial charge in [0.2, 0.25) is 0 Å². The summed E-state index contributed by atoms with van der Waals surface area (Å²) in [7, 11) is 3.78. The maximum absolute atomic E-state index is 4.44. The van der Waals surface area contributed by atoms with Crippen LogP contribution in [0.4, 0.5) is 0 Å². The highest BCUT2D eigenvalue weighted by molar-refractivity contribution is 14.0. The molecule has 0 amide bonds. The Hall–Kier alpha value is -0.830. The van der Waals surface area contributed by atoms with Crippen molar-refractivity contribution in [1.29, 1.82) is 0 Å². The summed E-state index contributed by atoms with van der Waals surface area (Å²) in [5.74, 6) is 0.835. The van der Waals surface area contributed by atoms with Gasteiger partial charge in [-0.3, -0.25) is 14.6 Å². The summed E-state index contributed by atoms with van der Waals surface area (Å²) in [5.41, 5.74) is 3.50. The molecular weight excluding hydrogens is 403 g/mol. The summed E-state index contributed by atoms with van der Waals surface area (Å²) in [6.07, 6.45) is 0. The molecule has 6 nitrogen and oxygen atoms in total. The maximum Gasteiger partial charge on any atom is 0.191 e. The maximum atomic E-state index is 4.44. The Bertz CT molecular complexity index is 493. The van der Waals surface area contributed by atoms with Gasteiger partial charge in [0.25, 0.3) is 0 Å². The van der Waals surface area contributed by atoms with Gasteiger partial charge in [0.1, 0.15) is 0 Å². The van der Waals surface area contributed by atoms with Crippen molar-refractivity contribution in [3.8, 4) is 0 Å². The number of rotatable bonds is 7. The van der Waals surface area contributed by atoms with E-state index in [1.807, 2.05) is 18.7 Å². The normalized spacial score (nSPS) is 13.0. The minimum atomic E-state index is 0. The van der Waals surface area contributed by atoms with Crippen molar-refractivity contribution >= 4 is 29.9 Å². The third-order valence-corrected chi connectivity index (χ3v) is 4.32. The number of aryl methyl sites for hydroxylation is 2. The number of likely N-dealkylation sites (N-methyl/N-ethyl adjacent to an activating group) is 1. The van der Waals surface area contributed by atoms with Gasteiger partial charge in [-0.05, 0) is 33.9 Å². The van der Waals surface area contributed by atoms with Crippen LogP contribution in [0.5, 0.6) is 0 Å². The lowest BCUT2D eigenvalue weighted by molar-refractivity contribution is 0.231. The first kappa shape index (κ1) is 22.2. The number of nitrogens with zero attached hydrogens (tertiary/aromatic N) is 4. The second-order valence-corrected chi connectivity index (χ2v) is 5.65. The molecule has 0 saturated carbocycles. The number of hydrogen-bond acceptors (Lipinski definition) is 3. The molecule has 0 spiro atoms. The van der Waals surface area contributed by atoms with Crippen LogP contribution < -0.4 is 10.6 Å². The van der Waals surface area contributed by atoms with E-state index in [1.54, 1.807) is 7.05 Å². The van der Waals surface area contributed by atoms with Crippen LogP contribution in [0.1, 0.15) is 37.7 Å². The molecule has 1 atom stereocenters. The monoisotopic (exact) mass is 436 g/mol. The second-order valence-electron chi connectivity index (χ2n) is 5.65. The molecule has 1 heterocycles. The zero-order valence-electron chi connectivity index (χ0n) is 15.6. The molecule has 0 saturated heterocycles. The SMILES string of the molecule is CCN(CC)C(C)CNC(=NC)NCc1c(C)nn(C)c1C.I. The number of aliphatic imine (C=N–C) groups is 1. The third kappa shape index (κ3) is 6.29. The van der Waals surface area contributed by atoms with E-state index in [2.05, 4.69) is 53.3 Å². The van der Waals surface area contributed by atoms with Crippen molar-refractivity contribution < 1.29 is 0 Å². The van der Waals surface area contributed by atoms with Gasteiger partial charge in [0, 0.05) is 44.5 Å². The molecule has 23 heavy (non-hydrogen) atoms. The first-order valence-electron chi connectivity index (χ1n) is 8.12. The molecule has 0 bridgehead atoms. The molecule has 0 radical (unpaired) electrons. The lowest BCUT2D eigenvalue weighted by Gasteiger charge is -2.27.